The Hall–Kier alpha value is -2.95. The number of hydrogen-bond donors (Lipinski definition) is 1. The Kier molecular flexibility index (Phi) is 3.68. The van der Waals surface area contributed by atoms with E-state index in [1.54, 1.807) is 26.0 Å². The summed E-state index contributed by atoms with van der Waals surface area (Å²) in [5.74, 6) is 0.227. The number of fused-ring (bicyclic) bond motifs is 2. The number of anilines is 1. The van der Waals surface area contributed by atoms with Crippen molar-refractivity contribution in [1.82, 2.24) is 0 Å². The van der Waals surface area contributed by atoms with E-state index in [-0.39, 0.29) is 11.2 Å². The van der Waals surface area contributed by atoms with Crippen LogP contribution in [0.1, 0.15) is 34.7 Å². The highest BCUT2D eigenvalue weighted by atomic mass is 19.1. The molecule has 5 heteroatoms. The fourth-order valence-corrected chi connectivity index (χ4v) is 3.61. The molecule has 2 aromatic carbocycles. The van der Waals surface area contributed by atoms with Crippen LogP contribution in [-0.4, -0.2) is 5.71 Å². The molecular weight excluding hydrogens is 331 g/mol. The van der Waals surface area contributed by atoms with Crippen LogP contribution in [0.2, 0.25) is 0 Å². The Morgan fingerprint density at radius 2 is 1.88 bits per heavy atom. The standard InChI is InChI=1S/C21H19FN2O2/c1-11-6-17(13(3)23)20-18(7-11)19(25)12(2)21(26-20)24-9-14-4-5-16(22)8-15(14)10-24/h4-8,23H,9-10H2,1-3H3. The van der Waals surface area contributed by atoms with Crippen LogP contribution in [0, 0.1) is 25.1 Å². The van der Waals surface area contributed by atoms with Gasteiger partial charge in [-0.15, -0.1) is 0 Å². The van der Waals surface area contributed by atoms with Gasteiger partial charge in [0, 0.05) is 24.4 Å². The van der Waals surface area contributed by atoms with Gasteiger partial charge < -0.3 is 14.7 Å². The Morgan fingerprint density at radius 1 is 1.15 bits per heavy atom. The lowest BCUT2D eigenvalue weighted by atomic mass is 10.0. The van der Waals surface area contributed by atoms with Gasteiger partial charge in [0.1, 0.15) is 11.4 Å². The SMILES string of the molecule is CC(=N)c1cc(C)cc2c(=O)c(C)c(N3Cc4ccc(F)cc4C3)oc12. The first kappa shape index (κ1) is 16.5. The van der Waals surface area contributed by atoms with Gasteiger partial charge in [-0.2, -0.15) is 0 Å². The highest BCUT2D eigenvalue weighted by Gasteiger charge is 2.25. The highest BCUT2D eigenvalue weighted by molar-refractivity contribution is 6.06. The van der Waals surface area contributed by atoms with Crippen molar-refractivity contribution >= 4 is 22.6 Å². The summed E-state index contributed by atoms with van der Waals surface area (Å²) in [6.45, 7) is 6.40. The van der Waals surface area contributed by atoms with Crippen molar-refractivity contribution in [1.29, 1.82) is 5.41 Å². The average Bonchev–Trinajstić information content (AvgIpc) is 3.00. The van der Waals surface area contributed by atoms with Crippen LogP contribution in [0.4, 0.5) is 10.3 Å². The van der Waals surface area contributed by atoms with E-state index >= 15 is 0 Å². The lowest BCUT2D eigenvalue weighted by Gasteiger charge is -2.19. The molecule has 132 valence electrons. The van der Waals surface area contributed by atoms with Crippen LogP contribution in [-0.2, 0) is 13.1 Å². The van der Waals surface area contributed by atoms with E-state index in [1.165, 1.54) is 12.1 Å². The average molecular weight is 350 g/mol. The smallest absolute Gasteiger partial charge is 0.203 e. The molecule has 1 N–H and O–H groups in total. The van der Waals surface area contributed by atoms with Crippen LogP contribution in [0.15, 0.2) is 39.5 Å². The normalized spacial score (nSPS) is 13.3. The first-order valence-electron chi connectivity index (χ1n) is 8.51. The zero-order valence-corrected chi connectivity index (χ0v) is 14.9. The second-order valence-electron chi connectivity index (χ2n) is 6.94. The molecule has 0 atom stereocenters. The van der Waals surface area contributed by atoms with Crippen LogP contribution < -0.4 is 10.3 Å². The zero-order chi connectivity index (χ0) is 18.6. The molecule has 26 heavy (non-hydrogen) atoms. The van der Waals surface area contributed by atoms with Gasteiger partial charge in [0.2, 0.25) is 5.88 Å². The van der Waals surface area contributed by atoms with Gasteiger partial charge in [-0.1, -0.05) is 6.07 Å². The molecule has 0 aliphatic carbocycles. The van der Waals surface area contributed by atoms with E-state index in [1.807, 2.05) is 17.9 Å². The minimum Gasteiger partial charge on any atom is -0.439 e. The predicted octanol–water partition coefficient (Wildman–Crippen LogP) is 4.46. The second-order valence-corrected chi connectivity index (χ2v) is 6.94. The molecule has 0 saturated carbocycles. The van der Waals surface area contributed by atoms with Crippen LogP contribution in [0.25, 0.3) is 11.0 Å². The molecule has 0 spiro atoms. The Labute approximate surface area is 150 Å². The summed E-state index contributed by atoms with van der Waals surface area (Å²) >= 11 is 0. The zero-order valence-electron chi connectivity index (χ0n) is 14.9. The van der Waals surface area contributed by atoms with Crippen LogP contribution >= 0.6 is 0 Å². The van der Waals surface area contributed by atoms with E-state index in [0.717, 1.165) is 16.7 Å². The minimum absolute atomic E-state index is 0.0883. The summed E-state index contributed by atoms with van der Waals surface area (Å²) in [6, 6.07) is 8.42. The number of rotatable bonds is 2. The van der Waals surface area contributed by atoms with Crippen molar-refractivity contribution in [3.8, 4) is 0 Å². The molecule has 3 aromatic rings. The number of halogens is 1. The number of aryl methyl sites for hydroxylation is 1. The molecule has 0 radical (unpaired) electrons. The minimum atomic E-state index is -0.264. The first-order valence-corrected chi connectivity index (χ1v) is 8.51. The predicted molar refractivity (Wildman–Crippen MR) is 101 cm³/mol. The first-order chi connectivity index (χ1) is 12.3. The molecule has 0 unspecified atom stereocenters. The number of nitrogens with one attached hydrogen (secondary N) is 1. The Bertz CT molecular complexity index is 1130. The topological polar surface area (TPSA) is 57.3 Å². The molecule has 0 bridgehead atoms. The molecule has 4 nitrogen and oxygen atoms in total. The third-order valence-corrected chi connectivity index (χ3v) is 4.92. The molecule has 1 aromatic heterocycles. The molecule has 4 rings (SSSR count). The van der Waals surface area contributed by atoms with Crippen molar-refractivity contribution in [2.24, 2.45) is 0 Å². The highest BCUT2D eigenvalue weighted by Crippen LogP contribution is 2.33. The molecule has 0 saturated heterocycles. The lowest BCUT2D eigenvalue weighted by molar-refractivity contribution is 0.570. The van der Waals surface area contributed by atoms with Crippen molar-refractivity contribution < 1.29 is 8.81 Å². The number of nitrogens with zero attached hydrogens (tertiary/aromatic N) is 1. The number of benzene rings is 2. The van der Waals surface area contributed by atoms with Gasteiger partial charge in [0.15, 0.2) is 5.43 Å². The van der Waals surface area contributed by atoms with E-state index in [9.17, 15) is 9.18 Å². The molecule has 0 fully saturated rings. The maximum atomic E-state index is 13.5. The lowest BCUT2D eigenvalue weighted by Crippen LogP contribution is -2.20. The molecule has 0 amide bonds. The molecule has 1 aliphatic rings. The van der Waals surface area contributed by atoms with E-state index in [4.69, 9.17) is 9.83 Å². The van der Waals surface area contributed by atoms with Gasteiger partial charge in [0.25, 0.3) is 0 Å². The van der Waals surface area contributed by atoms with E-state index < -0.39 is 0 Å². The van der Waals surface area contributed by atoms with E-state index in [0.29, 0.717) is 46.8 Å². The van der Waals surface area contributed by atoms with Crippen molar-refractivity contribution in [2.75, 3.05) is 4.90 Å². The van der Waals surface area contributed by atoms with Gasteiger partial charge in [-0.05, 0) is 61.7 Å². The molecule has 2 heterocycles. The number of hydrogen-bond acceptors (Lipinski definition) is 4. The van der Waals surface area contributed by atoms with Gasteiger partial charge >= 0.3 is 0 Å². The second kappa shape index (κ2) is 5.80. The Morgan fingerprint density at radius 3 is 2.62 bits per heavy atom. The van der Waals surface area contributed by atoms with Crippen molar-refractivity contribution in [2.45, 2.75) is 33.9 Å². The monoisotopic (exact) mass is 350 g/mol. The van der Waals surface area contributed by atoms with E-state index in [2.05, 4.69) is 0 Å². The molecule has 1 aliphatic heterocycles. The summed E-state index contributed by atoms with van der Waals surface area (Å²) < 4.78 is 19.7. The Balaban J connectivity index is 1.91. The van der Waals surface area contributed by atoms with Crippen LogP contribution in [0.5, 0.6) is 0 Å². The summed E-state index contributed by atoms with van der Waals surface area (Å²) in [7, 11) is 0. The quantitative estimate of drug-likeness (QED) is 0.694. The third kappa shape index (κ3) is 2.51. The van der Waals surface area contributed by atoms with Crippen LogP contribution in [0.3, 0.4) is 0 Å². The third-order valence-electron chi connectivity index (χ3n) is 4.92. The maximum Gasteiger partial charge on any atom is 0.203 e. The molecular formula is C21H19FN2O2. The van der Waals surface area contributed by atoms with Crippen molar-refractivity contribution in [3.63, 3.8) is 0 Å². The summed E-state index contributed by atoms with van der Waals surface area (Å²) in [4.78, 5) is 14.9. The van der Waals surface area contributed by atoms with Gasteiger partial charge in [-0.25, -0.2) is 4.39 Å². The fourth-order valence-electron chi connectivity index (χ4n) is 3.61. The van der Waals surface area contributed by atoms with Gasteiger partial charge in [0.05, 0.1) is 10.9 Å². The summed E-state index contributed by atoms with van der Waals surface area (Å²) in [5, 5.41) is 8.53. The van der Waals surface area contributed by atoms with Gasteiger partial charge in [-0.3, -0.25) is 4.79 Å². The largest absolute Gasteiger partial charge is 0.439 e. The summed E-state index contributed by atoms with van der Waals surface area (Å²) in [5.41, 5.74) is 4.71. The maximum absolute atomic E-state index is 13.5. The summed E-state index contributed by atoms with van der Waals surface area (Å²) in [6.07, 6.45) is 0. The fraction of sp³-hybridized carbons (Fsp3) is 0.238. The van der Waals surface area contributed by atoms with Crippen molar-refractivity contribution in [3.05, 3.63) is 74.2 Å².